The summed E-state index contributed by atoms with van der Waals surface area (Å²) >= 11 is 7.69. The van der Waals surface area contributed by atoms with Gasteiger partial charge in [0.05, 0.1) is 10.4 Å². The Morgan fingerprint density at radius 2 is 2.11 bits per heavy atom. The predicted octanol–water partition coefficient (Wildman–Crippen LogP) is 3.91. The van der Waals surface area contributed by atoms with Crippen molar-refractivity contribution >= 4 is 22.9 Å². The SMILES string of the molecule is CCC1(C)CCN(C(CN)c2ccc(Cl)s2)CC1. The summed E-state index contributed by atoms with van der Waals surface area (Å²) in [5.74, 6) is 0. The minimum absolute atomic E-state index is 0.351. The molecule has 1 aromatic heterocycles. The van der Waals surface area contributed by atoms with Crippen molar-refractivity contribution < 1.29 is 0 Å². The van der Waals surface area contributed by atoms with Gasteiger partial charge in [0.15, 0.2) is 0 Å². The Balaban J connectivity index is 2.03. The Morgan fingerprint density at radius 1 is 1.44 bits per heavy atom. The van der Waals surface area contributed by atoms with E-state index in [-0.39, 0.29) is 0 Å². The molecule has 0 aliphatic carbocycles. The van der Waals surface area contributed by atoms with Crippen LogP contribution in [0.2, 0.25) is 4.34 Å². The molecule has 2 N–H and O–H groups in total. The first-order chi connectivity index (χ1) is 8.58. The van der Waals surface area contributed by atoms with Gasteiger partial charge < -0.3 is 5.73 Å². The van der Waals surface area contributed by atoms with E-state index in [9.17, 15) is 0 Å². The van der Waals surface area contributed by atoms with E-state index in [0.29, 0.717) is 18.0 Å². The molecule has 0 amide bonds. The van der Waals surface area contributed by atoms with Crippen LogP contribution in [0.5, 0.6) is 0 Å². The Labute approximate surface area is 119 Å². The van der Waals surface area contributed by atoms with E-state index in [1.54, 1.807) is 11.3 Å². The minimum Gasteiger partial charge on any atom is -0.329 e. The van der Waals surface area contributed by atoms with Crippen LogP contribution in [0.25, 0.3) is 0 Å². The third-order valence-corrected chi connectivity index (χ3v) is 5.78. The number of piperidine rings is 1. The van der Waals surface area contributed by atoms with Crippen LogP contribution in [0.3, 0.4) is 0 Å². The zero-order valence-electron chi connectivity index (χ0n) is 11.3. The smallest absolute Gasteiger partial charge is 0.0931 e. The van der Waals surface area contributed by atoms with E-state index >= 15 is 0 Å². The fourth-order valence-corrected chi connectivity index (χ4v) is 3.89. The quantitative estimate of drug-likeness (QED) is 0.909. The topological polar surface area (TPSA) is 29.3 Å². The van der Waals surface area contributed by atoms with Crippen LogP contribution >= 0.6 is 22.9 Å². The summed E-state index contributed by atoms with van der Waals surface area (Å²) in [5, 5.41) is 0. The van der Waals surface area contributed by atoms with Crippen molar-refractivity contribution in [3.63, 3.8) is 0 Å². The van der Waals surface area contributed by atoms with Crippen LogP contribution in [0.15, 0.2) is 12.1 Å². The zero-order chi connectivity index (χ0) is 13.2. The van der Waals surface area contributed by atoms with Crippen molar-refractivity contribution in [2.75, 3.05) is 19.6 Å². The maximum atomic E-state index is 6.03. The zero-order valence-corrected chi connectivity index (χ0v) is 12.9. The lowest BCUT2D eigenvalue weighted by Gasteiger charge is -2.42. The van der Waals surface area contributed by atoms with Crippen LogP contribution in [0, 0.1) is 5.41 Å². The molecule has 1 unspecified atom stereocenters. The molecule has 18 heavy (non-hydrogen) atoms. The molecule has 1 fully saturated rings. The number of likely N-dealkylation sites (tertiary alicyclic amines) is 1. The number of thiophene rings is 1. The molecule has 1 aliphatic heterocycles. The molecule has 4 heteroatoms. The Kier molecular flexibility index (Phi) is 4.70. The Morgan fingerprint density at radius 3 is 2.56 bits per heavy atom. The van der Waals surface area contributed by atoms with E-state index < -0.39 is 0 Å². The van der Waals surface area contributed by atoms with Crippen LogP contribution in [0.4, 0.5) is 0 Å². The van der Waals surface area contributed by atoms with E-state index in [0.717, 1.165) is 17.4 Å². The second-order valence-corrected chi connectivity index (χ2v) is 7.34. The summed E-state index contributed by atoms with van der Waals surface area (Å²) in [6.07, 6.45) is 3.83. The van der Waals surface area contributed by atoms with Gasteiger partial charge in [-0.15, -0.1) is 11.3 Å². The van der Waals surface area contributed by atoms with Crippen molar-refractivity contribution in [3.8, 4) is 0 Å². The average Bonchev–Trinajstić information content (AvgIpc) is 2.79. The molecule has 2 heterocycles. The third-order valence-electron chi connectivity index (χ3n) is 4.45. The molecule has 1 saturated heterocycles. The summed E-state index contributed by atoms with van der Waals surface area (Å²) < 4.78 is 0.860. The van der Waals surface area contributed by atoms with Crippen LogP contribution < -0.4 is 5.73 Å². The molecule has 0 radical (unpaired) electrons. The molecule has 1 aromatic rings. The van der Waals surface area contributed by atoms with Gasteiger partial charge in [0.2, 0.25) is 0 Å². The standard InChI is InChI=1S/C14H23ClN2S/c1-3-14(2)6-8-17(9-7-14)11(10-16)12-4-5-13(15)18-12/h4-5,11H,3,6-10,16H2,1-2H3. The van der Waals surface area contributed by atoms with E-state index in [2.05, 4.69) is 24.8 Å². The molecule has 0 bridgehead atoms. The van der Waals surface area contributed by atoms with E-state index in [1.165, 1.54) is 24.1 Å². The van der Waals surface area contributed by atoms with Crippen molar-refractivity contribution in [2.45, 2.75) is 39.2 Å². The molecule has 2 nitrogen and oxygen atoms in total. The van der Waals surface area contributed by atoms with Gasteiger partial charge in [-0.2, -0.15) is 0 Å². The molecule has 2 rings (SSSR count). The highest BCUT2D eigenvalue weighted by Gasteiger charge is 2.31. The van der Waals surface area contributed by atoms with Crippen LogP contribution in [-0.2, 0) is 0 Å². The normalized spacial score (nSPS) is 22.0. The Bertz CT molecular complexity index is 383. The fraction of sp³-hybridized carbons (Fsp3) is 0.714. The van der Waals surface area contributed by atoms with E-state index in [4.69, 9.17) is 17.3 Å². The highest BCUT2D eigenvalue weighted by molar-refractivity contribution is 7.16. The summed E-state index contributed by atoms with van der Waals surface area (Å²) in [4.78, 5) is 3.84. The molecule has 1 atom stereocenters. The lowest BCUT2D eigenvalue weighted by molar-refractivity contribution is 0.0841. The van der Waals surface area contributed by atoms with Crippen LogP contribution in [0.1, 0.15) is 44.0 Å². The lowest BCUT2D eigenvalue weighted by Crippen LogP contribution is -2.42. The summed E-state index contributed by atoms with van der Waals surface area (Å²) in [7, 11) is 0. The first-order valence-electron chi connectivity index (χ1n) is 6.77. The summed E-state index contributed by atoms with van der Waals surface area (Å²) in [6, 6.07) is 4.45. The van der Waals surface area contributed by atoms with Gasteiger partial charge in [0.1, 0.15) is 0 Å². The monoisotopic (exact) mass is 286 g/mol. The molecule has 102 valence electrons. The lowest BCUT2D eigenvalue weighted by atomic mass is 9.78. The van der Waals surface area contributed by atoms with Crippen molar-refractivity contribution in [2.24, 2.45) is 11.1 Å². The van der Waals surface area contributed by atoms with Crippen molar-refractivity contribution in [3.05, 3.63) is 21.3 Å². The van der Waals surface area contributed by atoms with Crippen LogP contribution in [-0.4, -0.2) is 24.5 Å². The van der Waals surface area contributed by atoms with Gasteiger partial charge in [0, 0.05) is 11.4 Å². The molecular formula is C14H23ClN2S. The van der Waals surface area contributed by atoms with Gasteiger partial charge in [-0.05, 0) is 43.5 Å². The Hall–Kier alpha value is -0.0900. The number of hydrogen-bond donors (Lipinski definition) is 1. The molecular weight excluding hydrogens is 264 g/mol. The average molecular weight is 287 g/mol. The fourth-order valence-electron chi connectivity index (χ4n) is 2.68. The second kappa shape index (κ2) is 5.91. The number of nitrogens with zero attached hydrogens (tertiary/aromatic N) is 1. The van der Waals surface area contributed by atoms with E-state index in [1.807, 2.05) is 6.07 Å². The largest absolute Gasteiger partial charge is 0.329 e. The van der Waals surface area contributed by atoms with Gasteiger partial charge in [-0.3, -0.25) is 4.90 Å². The van der Waals surface area contributed by atoms with Gasteiger partial charge in [-0.1, -0.05) is 31.9 Å². The highest BCUT2D eigenvalue weighted by Crippen LogP contribution is 2.38. The van der Waals surface area contributed by atoms with Gasteiger partial charge in [0.25, 0.3) is 0 Å². The highest BCUT2D eigenvalue weighted by atomic mass is 35.5. The van der Waals surface area contributed by atoms with Crippen molar-refractivity contribution in [1.82, 2.24) is 4.90 Å². The molecule has 1 aliphatic rings. The number of hydrogen-bond acceptors (Lipinski definition) is 3. The summed E-state index contributed by atoms with van der Waals surface area (Å²) in [6.45, 7) is 7.70. The number of rotatable bonds is 4. The third kappa shape index (κ3) is 3.08. The molecule has 0 spiro atoms. The first kappa shape index (κ1) is 14.3. The maximum Gasteiger partial charge on any atom is 0.0931 e. The predicted molar refractivity (Wildman–Crippen MR) is 80.3 cm³/mol. The number of halogens is 1. The van der Waals surface area contributed by atoms with Gasteiger partial charge >= 0.3 is 0 Å². The first-order valence-corrected chi connectivity index (χ1v) is 7.97. The summed E-state index contributed by atoms with van der Waals surface area (Å²) in [5.41, 5.74) is 6.50. The number of nitrogens with two attached hydrogens (primary N) is 1. The van der Waals surface area contributed by atoms with Crippen molar-refractivity contribution in [1.29, 1.82) is 0 Å². The molecule has 0 saturated carbocycles. The maximum absolute atomic E-state index is 6.03. The van der Waals surface area contributed by atoms with Gasteiger partial charge in [-0.25, -0.2) is 0 Å². The molecule has 0 aromatic carbocycles. The second-order valence-electron chi connectivity index (χ2n) is 5.59. The minimum atomic E-state index is 0.351.